The molecule has 0 aromatic heterocycles. The number of benzene rings is 2. The molecule has 0 atom stereocenters. The Morgan fingerprint density at radius 2 is 1.58 bits per heavy atom. The van der Waals surface area contributed by atoms with Crippen LogP contribution in [0.2, 0.25) is 0 Å². The largest absolute Gasteiger partial charge is 0.491 e. The highest BCUT2D eigenvalue weighted by molar-refractivity contribution is 5.31. The van der Waals surface area contributed by atoms with Crippen LogP contribution >= 0.6 is 0 Å². The molecule has 0 bridgehead atoms. The summed E-state index contributed by atoms with van der Waals surface area (Å²) in [6.45, 7) is 3.85. The summed E-state index contributed by atoms with van der Waals surface area (Å²) in [7, 11) is 0. The van der Waals surface area contributed by atoms with Crippen molar-refractivity contribution in [2.24, 2.45) is 0 Å². The van der Waals surface area contributed by atoms with Crippen LogP contribution in [-0.4, -0.2) is 12.7 Å². The maximum atomic E-state index is 14.0. The standard InChI is InChI=1S/C20H22F4O2/c1-3-5-14-6-9-16(10-7-14)26-20(23,24)13-12-15-8-11-17(25-4-2)19(22)18(15)21/h6-11H,3-5,12-13H2,1-2H3. The Balaban J connectivity index is 2.00. The number of aryl methyl sites for hydroxylation is 2. The zero-order valence-corrected chi connectivity index (χ0v) is 14.8. The molecule has 2 nitrogen and oxygen atoms in total. The molecule has 0 aliphatic carbocycles. The first kappa shape index (κ1) is 20.1. The van der Waals surface area contributed by atoms with Crippen LogP contribution in [-0.2, 0) is 12.8 Å². The van der Waals surface area contributed by atoms with Gasteiger partial charge in [-0.2, -0.15) is 13.2 Å². The number of rotatable bonds is 9. The van der Waals surface area contributed by atoms with E-state index in [1.165, 1.54) is 24.3 Å². The molecular weight excluding hydrogens is 348 g/mol. The molecule has 0 saturated carbocycles. The molecule has 0 unspecified atom stereocenters. The van der Waals surface area contributed by atoms with Crippen LogP contribution in [0.5, 0.6) is 11.5 Å². The molecule has 2 aromatic carbocycles. The second-order valence-corrected chi connectivity index (χ2v) is 5.92. The normalized spacial score (nSPS) is 11.5. The number of ether oxygens (including phenoxy) is 2. The first-order chi connectivity index (χ1) is 12.4. The Labute approximate surface area is 150 Å². The highest BCUT2D eigenvalue weighted by Crippen LogP contribution is 2.29. The molecule has 0 N–H and O–H groups in total. The van der Waals surface area contributed by atoms with Crippen molar-refractivity contribution >= 4 is 0 Å². The van der Waals surface area contributed by atoms with Crippen LogP contribution in [0.25, 0.3) is 0 Å². The highest BCUT2D eigenvalue weighted by Gasteiger charge is 2.32. The van der Waals surface area contributed by atoms with Gasteiger partial charge in [-0.3, -0.25) is 0 Å². The SMILES string of the molecule is CCCc1ccc(OC(F)(F)CCc2ccc(OCC)c(F)c2F)cc1. The second-order valence-electron chi connectivity index (χ2n) is 5.92. The van der Waals surface area contributed by atoms with Crippen LogP contribution < -0.4 is 9.47 Å². The highest BCUT2D eigenvalue weighted by atomic mass is 19.3. The minimum Gasteiger partial charge on any atom is -0.491 e. The molecule has 0 saturated heterocycles. The quantitative estimate of drug-likeness (QED) is 0.510. The van der Waals surface area contributed by atoms with E-state index in [2.05, 4.69) is 0 Å². The summed E-state index contributed by atoms with van der Waals surface area (Å²) in [5, 5.41) is 0. The number of hydrogen-bond acceptors (Lipinski definition) is 2. The summed E-state index contributed by atoms with van der Waals surface area (Å²) in [6.07, 6.45) is -2.81. The van der Waals surface area contributed by atoms with Gasteiger partial charge < -0.3 is 9.47 Å². The lowest BCUT2D eigenvalue weighted by molar-refractivity contribution is -0.180. The van der Waals surface area contributed by atoms with E-state index in [-0.39, 0.29) is 30.1 Å². The van der Waals surface area contributed by atoms with Crippen molar-refractivity contribution in [2.75, 3.05) is 6.61 Å². The Morgan fingerprint density at radius 3 is 2.19 bits per heavy atom. The van der Waals surface area contributed by atoms with Crippen molar-refractivity contribution in [1.29, 1.82) is 0 Å². The summed E-state index contributed by atoms with van der Waals surface area (Å²) in [5.74, 6) is -2.53. The molecule has 0 radical (unpaired) electrons. The molecule has 2 rings (SSSR count). The van der Waals surface area contributed by atoms with E-state index in [9.17, 15) is 17.6 Å². The van der Waals surface area contributed by atoms with E-state index in [4.69, 9.17) is 9.47 Å². The molecule has 0 spiro atoms. The fraction of sp³-hybridized carbons (Fsp3) is 0.400. The number of alkyl halides is 2. The first-order valence-corrected chi connectivity index (χ1v) is 8.61. The third-order valence-electron chi connectivity index (χ3n) is 3.84. The van der Waals surface area contributed by atoms with Crippen LogP contribution in [0.4, 0.5) is 17.6 Å². The minimum absolute atomic E-state index is 0.0354. The Hall–Kier alpha value is -2.24. The number of hydrogen-bond donors (Lipinski definition) is 0. The molecule has 0 amide bonds. The lowest BCUT2D eigenvalue weighted by atomic mass is 10.1. The molecule has 0 fully saturated rings. The average Bonchev–Trinajstić information content (AvgIpc) is 2.60. The van der Waals surface area contributed by atoms with E-state index in [0.29, 0.717) is 0 Å². The van der Waals surface area contributed by atoms with Crippen molar-refractivity contribution in [3.63, 3.8) is 0 Å². The van der Waals surface area contributed by atoms with Crippen LogP contribution in [0.3, 0.4) is 0 Å². The molecule has 0 aliphatic rings. The van der Waals surface area contributed by atoms with Gasteiger partial charge in [0, 0.05) is 0 Å². The molecule has 6 heteroatoms. The van der Waals surface area contributed by atoms with Crippen molar-refractivity contribution in [3.05, 3.63) is 59.2 Å². The Morgan fingerprint density at radius 1 is 0.885 bits per heavy atom. The zero-order valence-electron chi connectivity index (χ0n) is 14.8. The fourth-order valence-electron chi connectivity index (χ4n) is 2.55. The lowest BCUT2D eigenvalue weighted by Gasteiger charge is -2.18. The molecule has 0 aliphatic heterocycles. The predicted octanol–water partition coefficient (Wildman–Crippen LogP) is 5.92. The van der Waals surface area contributed by atoms with Crippen molar-refractivity contribution < 1.29 is 27.0 Å². The van der Waals surface area contributed by atoms with E-state index < -0.39 is 24.2 Å². The Bertz CT molecular complexity index is 714. The van der Waals surface area contributed by atoms with Gasteiger partial charge in [0.05, 0.1) is 13.0 Å². The van der Waals surface area contributed by atoms with Gasteiger partial charge in [-0.15, -0.1) is 0 Å². The van der Waals surface area contributed by atoms with Crippen molar-refractivity contribution in [1.82, 2.24) is 0 Å². The monoisotopic (exact) mass is 370 g/mol. The van der Waals surface area contributed by atoms with Gasteiger partial charge in [0.15, 0.2) is 11.6 Å². The van der Waals surface area contributed by atoms with Gasteiger partial charge >= 0.3 is 6.11 Å². The summed E-state index contributed by atoms with van der Waals surface area (Å²) >= 11 is 0. The minimum atomic E-state index is -3.49. The van der Waals surface area contributed by atoms with Gasteiger partial charge in [0.1, 0.15) is 5.75 Å². The molecular formula is C20H22F4O2. The molecule has 26 heavy (non-hydrogen) atoms. The third-order valence-corrected chi connectivity index (χ3v) is 3.84. The average molecular weight is 370 g/mol. The van der Waals surface area contributed by atoms with E-state index in [1.54, 1.807) is 19.1 Å². The van der Waals surface area contributed by atoms with E-state index in [1.807, 2.05) is 6.92 Å². The third kappa shape index (κ3) is 5.38. The first-order valence-electron chi connectivity index (χ1n) is 8.61. The van der Waals surface area contributed by atoms with Crippen molar-refractivity contribution in [3.8, 4) is 11.5 Å². The molecule has 2 aromatic rings. The van der Waals surface area contributed by atoms with Gasteiger partial charge in [0.25, 0.3) is 0 Å². The molecule has 142 valence electrons. The fourth-order valence-corrected chi connectivity index (χ4v) is 2.55. The lowest BCUT2D eigenvalue weighted by Crippen LogP contribution is -2.25. The van der Waals surface area contributed by atoms with E-state index in [0.717, 1.165) is 18.4 Å². The second kappa shape index (κ2) is 8.92. The maximum absolute atomic E-state index is 14.0. The van der Waals surface area contributed by atoms with Crippen LogP contribution in [0.1, 0.15) is 37.8 Å². The molecule has 0 heterocycles. The Kier molecular flexibility index (Phi) is 6.89. The number of halogens is 4. The predicted molar refractivity (Wildman–Crippen MR) is 91.9 cm³/mol. The summed E-state index contributed by atoms with van der Waals surface area (Å²) in [5.41, 5.74) is 0.891. The maximum Gasteiger partial charge on any atom is 0.398 e. The topological polar surface area (TPSA) is 18.5 Å². The van der Waals surface area contributed by atoms with Gasteiger partial charge in [-0.25, -0.2) is 4.39 Å². The summed E-state index contributed by atoms with van der Waals surface area (Å²) in [6, 6.07) is 8.92. The summed E-state index contributed by atoms with van der Waals surface area (Å²) < 4.78 is 65.4. The smallest absolute Gasteiger partial charge is 0.398 e. The van der Waals surface area contributed by atoms with Gasteiger partial charge in [-0.05, 0) is 49.1 Å². The van der Waals surface area contributed by atoms with E-state index >= 15 is 0 Å². The zero-order chi connectivity index (χ0) is 19.2. The van der Waals surface area contributed by atoms with Crippen LogP contribution in [0, 0.1) is 11.6 Å². The van der Waals surface area contributed by atoms with Gasteiger partial charge in [-0.1, -0.05) is 31.5 Å². The summed E-state index contributed by atoms with van der Waals surface area (Å²) in [4.78, 5) is 0. The van der Waals surface area contributed by atoms with Crippen LogP contribution in [0.15, 0.2) is 36.4 Å². The van der Waals surface area contributed by atoms with Crippen molar-refractivity contribution in [2.45, 2.75) is 45.6 Å². The van der Waals surface area contributed by atoms with Gasteiger partial charge in [0.2, 0.25) is 5.82 Å².